The van der Waals surface area contributed by atoms with Crippen molar-refractivity contribution in [3.63, 3.8) is 0 Å². The van der Waals surface area contributed by atoms with E-state index in [1.165, 1.54) is 6.42 Å². The molecule has 5 atom stereocenters. The van der Waals surface area contributed by atoms with Gasteiger partial charge in [0.2, 0.25) is 11.8 Å². The fourth-order valence-corrected chi connectivity index (χ4v) is 6.02. The van der Waals surface area contributed by atoms with Gasteiger partial charge in [0.25, 0.3) is 0 Å². The Morgan fingerprint density at radius 1 is 1.06 bits per heavy atom. The van der Waals surface area contributed by atoms with E-state index < -0.39 is 23.8 Å². The van der Waals surface area contributed by atoms with Crippen LogP contribution in [0.4, 0.5) is 4.79 Å². The van der Waals surface area contributed by atoms with Crippen molar-refractivity contribution in [1.29, 1.82) is 0 Å². The summed E-state index contributed by atoms with van der Waals surface area (Å²) in [5.41, 5.74) is -0.661. The molecule has 200 valence electrons. The van der Waals surface area contributed by atoms with Crippen LogP contribution in [0, 0.1) is 17.3 Å². The smallest absolute Gasteiger partial charge is 0.408 e. The Morgan fingerprint density at radius 2 is 1.63 bits per heavy atom. The molecular weight excluding hydrogens is 446 g/mol. The SMILES string of the molecule is CC(C)(C)OC(=O)N[C@H]1CCCCCCCCCC[C@@H](CO)NC(=O)[C@@H]2[C@@H]3[C@H](CN2C1=O)C3(C)C. The fourth-order valence-electron chi connectivity index (χ4n) is 6.02. The molecule has 35 heavy (non-hydrogen) atoms. The van der Waals surface area contributed by atoms with Crippen molar-refractivity contribution in [2.24, 2.45) is 17.3 Å². The van der Waals surface area contributed by atoms with Gasteiger partial charge in [-0.3, -0.25) is 9.59 Å². The van der Waals surface area contributed by atoms with Gasteiger partial charge in [0.1, 0.15) is 17.7 Å². The van der Waals surface area contributed by atoms with Crippen LogP contribution >= 0.6 is 0 Å². The first-order valence-electron chi connectivity index (χ1n) is 13.7. The first-order chi connectivity index (χ1) is 16.5. The molecule has 3 amide bonds. The van der Waals surface area contributed by atoms with E-state index >= 15 is 0 Å². The van der Waals surface area contributed by atoms with E-state index in [4.69, 9.17) is 4.74 Å². The Kier molecular flexibility index (Phi) is 9.11. The van der Waals surface area contributed by atoms with Gasteiger partial charge < -0.3 is 25.4 Å². The summed E-state index contributed by atoms with van der Waals surface area (Å²) in [5, 5.41) is 15.7. The molecule has 2 heterocycles. The molecule has 2 aliphatic heterocycles. The number of ether oxygens (including phenoxy) is 1. The number of hydrogen-bond donors (Lipinski definition) is 3. The molecule has 3 fully saturated rings. The molecule has 3 rings (SSSR count). The predicted octanol–water partition coefficient (Wildman–Crippen LogP) is 3.75. The maximum absolute atomic E-state index is 13.8. The number of carbonyl (C=O) groups excluding carboxylic acids is 3. The van der Waals surface area contributed by atoms with Crippen LogP contribution in [0.3, 0.4) is 0 Å². The van der Waals surface area contributed by atoms with Crippen LogP contribution in [0.1, 0.15) is 98.8 Å². The van der Waals surface area contributed by atoms with Gasteiger partial charge in [0, 0.05) is 6.54 Å². The summed E-state index contributed by atoms with van der Waals surface area (Å²) in [6, 6.07) is -1.59. The molecule has 0 aromatic carbocycles. The van der Waals surface area contributed by atoms with Gasteiger partial charge >= 0.3 is 6.09 Å². The fraction of sp³-hybridized carbons (Fsp3) is 0.889. The van der Waals surface area contributed by atoms with Crippen molar-refractivity contribution in [2.75, 3.05) is 13.2 Å². The lowest BCUT2D eigenvalue weighted by molar-refractivity contribution is -0.142. The lowest BCUT2D eigenvalue weighted by Crippen LogP contribution is -2.57. The zero-order valence-corrected chi connectivity index (χ0v) is 22.4. The molecule has 8 heteroatoms. The van der Waals surface area contributed by atoms with Crippen LogP contribution in [-0.2, 0) is 14.3 Å². The highest BCUT2D eigenvalue weighted by atomic mass is 16.6. The number of nitrogens with zero attached hydrogens (tertiary/aromatic N) is 1. The highest BCUT2D eigenvalue weighted by Crippen LogP contribution is 2.64. The zero-order chi connectivity index (χ0) is 25.8. The third-order valence-corrected chi connectivity index (χ3v) is 8.11. The van der Waals surface area contributed by atoms with Gasteiger partial charge in [-0.05, 0) is 50.9 Å². The van der Waals surface area contributed by atoms with Crippen LogP contribution in [0.15, 0.2) is 0 Å². The number of aliphatic hydroxyl groups is 1. The molecule has 0 spiro atoms. The van der Waals surface area contributed by atoms with Crippen molar-refractivity contribution < 1.29 is 24.2 Å². The molecule has 1 aliphatic carbocycles. The number of hydrogen-bond acceptors (Lipinski definition) is 5. The van der Waals surface area contributed by atoms with E-state index in [-0.39, 0.29) is 41.7 Å². The number of rotatable bonds is 2. The molecule has 0 aromatic rings. The second-order valence-electron chi connectivity index (χ2n) is 12.4. The maximum atomic E-state index is 13.8. The average Bonchev–Trinajstić information content (AvgIpc) is 3.09. The number of nitrogens with one attached hydrogen (secondary N) is 2. The van der Waals surface area contributed by atoms with Gasteiger partial charge in [-0.15, -0.1) is 0 Å². The minimum atomic E-state index is -0.718. The minimum absolute atomic E-state index is 0.000338. The molecular formula is C27H47N3O5. The third kappa shape index (κ3) is 7.11. The van der Waals surface area contributed by atoms with E-state index in [1.807, 2.05) is 0 Å². The number of carbonyl (C=O) groups is 3. The molecule has 1 saturated carbocycles. The summed E-state index contributed by atoms with van der Waals surface area (Å²) < 4.78 is 5.44. The summed E-state index contributed by atoms with van der Waals surface area (Å²) in [4.78, 5) is 41.5. The molecule has 8 nitrogen and oxygen atoms in total. The highest BCUT2D eigenvalue weighted by Gasteiger charge is 2.69. The molecule has 2 saturated heterocycles. The van der Waals surface area contributed by atoms with Crippen LogP contribution < -0.4 is 10.6 Å². The maximum Gasteiger partial charge on any atom is 0.408 e. The number of fused-ring (bicyclic) bond motifs is 3. The number of amides is 3. The van der Waals surface area contributed by atoms with Crippen molar-refractivity contribution in [1.82, 2.24) is 15.5 Å². The summed E-state index contributed by atoms with van der Waals surface area (Å²) in [6.07, 6.45) is 9.17. The van der Waals surface area contributed by atoms with Gasteiger partial charge in [0.15, 0.2) is 0 Å². The first-order valence-corrected chi connectivity index (χ1v) is 13.7. The number of aliphatic hydroxyl groups excluding tert-OH is 1. The number of alkyl carbamates (subject to hydrolysis) is 1. The second kappa shape index (κ2) is 11.5. The van der Waals surface area contributed by atoms with Gasteiger partial charge in [-0.25, -0.2) is 4.79 Å². The van der Waals surface area contributed by atoms with Gasteiger partial charge in [-0.2, -0.15) is 0 Å². The molecule has 0 bridgehead atoms. The normalized spacial score (nSPS) is 32.6. The number of piperidine rings is 1. The van der Waals surface area contributed by atoms with Crippen molar-refractivity contribution in [2.45, 2.75) is 123 Å². The van der Waals surface area contributed by atoms with Crippen molar-refractivity contribution in [3.8, 4) is 0 Å². The van der Waals surface area contributed by atoms with Gasteiger partial charge in [-0.1, -0.05) is 65.2 Å². The second-order valence-corrected chi connectivity index (χ2v) is 12.4. The molecule has 3 N–H and O–H groups in total. The average molecular weight is 494 g/mol. The first kappa shape index (κ1) is 27.8. The minimum Gasteiger partial charge on any atom is -0.444 e. The van der Waals surface area contributed by atoms with E-state index in [0.29, 0.717) is 13.0 Å². The Bertz CT molecular complexity index is 762. The Hall–Kier alpha value is -1.83. The van der Waals surface area contributed by atoms with E-state index in [0.717, 1.165) is 51.4 Å². The van der Waals surface area contributed by atoms with Crippen LogP contribution in [0.25, 0.3) is 0 Å². The summed E-state index contributed by atoms with van der Waals surface area (Å²) in [7, 11) is 0. The standard InChI is InChI=1S/C27H47N3O5/c1-26(2,3)35-25(34)29-20-15-13-11-9-7-6-8-10-12-14-18(17-31)28-23(32)22-21-19(27(21,4)5)16-30(22)24(20)33/h18-22,31H,6-17H2,1-5H3,(H,28,32)(H,29,34)/t18-,19-,20-,21-,22-/m0/s1. The molecule has 0 aromatic heterocycles. The van der Waals surface area contributed by atoms with Crippen LogP contribution in [0.2, 0.25) is 0 Å². The lowest BCUT2D eigenvalue weighted by Gasteiger charge is -2.34. The molecule has 0 radical (unpaired) electrons. The Labute approximate surface area is 210 Å². The van der Waals surface area contributed by atoms with Crippen molar-refractivity contribution in [3.05, 3.63) is 0 Å². The monoisotopic (exact) mass is 493 g/mol. The van der Waals surface area contributed by atoms with Crippen molar-refractivity contribution >= 4 is 17.9 Å². The zero-order valence-electron chi connectivity index (χ0n) is 22.4. The molecule has 0 unspecified atom stereocenters. The lowest BCUT2D eigenvalue weighted by atomic mass is 9.98. The summed E-state index contributed by atoms with van der Waals surface area (Å²) >= 11 is 0. The topological polar surface area (TPSA) is 108 Å². The predicted molar refractivity (Wildman–Crippen MR) is 135 cm³/mol. The Morgan fingerprint density at radius 3 is 2.20 bits per heavy atom. The summed E-state index contributed by atoms with van der Waals surface area (Å²) in [5.74, 6) is -0.0303. The quantitative estimate of drug-likeness (QED) is 0.543. The summed E-state index contributed by atoms with van der Waals surface area (Å²) in [6.45, 7) is 10.1. The molecule has 3 aliphatic rings. The van der Waals surface area contributed by atoms with E-state index in [1.54, 1.807) is 25.7 Å². The van der Waals surface area contributed by atoms with Crippen LogP contribution in [0.5, 0.6) is 0 Å². The largest absolute Gasteiger partial charge is 0.444 e. The van der Waals surface area contributed by atoms with Crippen LogP contribution in [-0.4, -0.2) is 64.8 Å². The van der Waals surface area contributed by atoms with E-state index in [9.17, 15) is 19.5 Å². The Balaban J connectivity index is 1.80. The highest BCUT2D eigenvalue weighted by molar-refractivity contribution is 5.93. The van der Waals surface area contributed by atoms with E-state index in [2.05, 4.69) is 24.5 Å². The van der Waals surface area contributed by atoms with Gasteiger partial charge in [0.05, 0.1) is 12.6 Å². The third-order valence-electron chi connectivity index (χ3n) is 8.11.